The van der Waals surface area contributed by atoms with Gasteiger partial charge in [-0.2, -0.15) is 0 Å². The molecule has 0 amide bonds. The minimum Gasteiger partial charge on any atom is -0.487 e. The van der Waals surface area contributed by atoms with Crippen molar-refractivity contribution < 1.29 is 9.47 Å². The van der Waals surface area contributed by atoms with E-state index in [1.807, 2.05) is 43.3 Å². The van der Waals surface area contributed by atoms with Crippen molar-refractivity contribution in [2.45, 2.75) is 53.4 Å². The number of ether oxygens (including phenoxy) is 2. The average molecular weight is 413 g/mol. The van der Waals surface area contributed by atoms with Gasteiger partial charge in [-0.05, 0) is 56.0 Å². The SMILES string of the molecule is CCNC(=NCc1cccc(OCc2ccccn2)c1)NCCC(OCC)C(C)C. The van der Waals surface area contributed by atoms with Gasteiger partial charge in [-0.1, -0.05) is 32.0 Å². The van der Waals surface area contributed by atoms with Gasteiger partial charge >= 0.3 is 0 Å². The van der Waals surface area contributed by atoms with Gasteiger partial charge in [0.25, 0.3) is 0 Å². The van der Waals surface area contributed by atoms with Gasteiger partial charge in [0, 0.05) is 25.9 Å². The topological polar surface area (TPSA) is 67.8 Å². The van der Waals surface area contributed by atoms with Gasteiger partial charge in [-0.3, -0.25) is 4.98 Å². The number of aromatic nitrogens is 1. The Hall–Kier alpha value is -2.60. The lowest BCUT2D eigenvalue weighted by Crippen LogP contribution is -2.39. The van der Waals surface area contributed by atoms with Crippen LogP contribution in [-0.2, 0) is 17.9 Å². The number of guanidine groups is 1. The van der Waals surface area contributed by atoms with E-state index in [0.29, 0.717) is 19.1 Å². The molecule has 2 aromatic rings. The molecule has 0 aliphatic heterocycles. The molecular weight excluding hydrogens is 376 g/mol. The number of hydrogen-bond acceptors (Lipinski definition) is 4. The van der Waals surface area contributed by atoms with Gasteiger partial charge in [0.15, 0.2) is 5.96 Å². The summed E-state index contributed by atoms with van der Waals surface area (Å²) in [5.74, 6) is 2.14. The molecular formula is C24H36N4O2. The third-order valence-electron chi connectivity index (χ3n) is 4.62. The fourth-order valence-corrected chi connectivity index (χ4v) is 3.04. The molecule has 0 spiro atoms. The quantitative estimate of drug-likeness (QED) is 0.405. The third-order valence-corrected chi connectivity index (χ3v) is 4.62. The molecule has 0 fully saturated rings. The second kappa shape index (κ2) is 13.6. The highest BCUT2D eigenvalue weighted by Crippen LogP contribution is 2.15. The van der Waals surface area contributed by atoms with Gasteiger partial charge in [-0.15, -0.1) is 0 Å². The van der Waals surface area contributed by atoms with Crippen molar-refractivity contribution >= 4 is 5.96 Å². The summed E-state index contributed by atoms with van der Waals surface area (Å²) in [6.45, 7) is 11.9. The van der Waals surface area contributed by atoms with Gasteiger partial charge in [0.05, 0.1) is 18.3 Å². The van der Waals surface area contributed by atoms with Crippen molar-refractivity contribution in [1.29, 1.82) is 0 Å². The highest BCUT2D eigenvalue weighted by Gasteiger charge is 2.13. The van der Waals surface area contributed by atoms with Crippen LogP contribution in [0.5, 0.6) is 5.75 Å². The van der Waals surface area contributed by atoms with Crippen LogP contribution in [0.25, 0.3) is 0 Å². The van der Waals surface area contributed by atoms with E-state index in [1.54, 1.807) is 6.20 Å². The molecule has 164 valence electrons. The largest absolute Gasteiger partial charge is 0.487 e. The molecule has 1 atom stereocenters. The van der Waals surface area contributed by atoms with Crippen LogP contribution in [0.15, 0.2) is 53.7 Å². The van der Waals surface area contributed by atoms with Crippen LogP contribution in [0.1, 0.15) is 45.4 Å². The van der Waals surface area contributed by atoms with Crippen LogP contribution < -0.4 is 15.4 Å². The molecule has 6 heteroatoms. The lowest BCUT2D eigenvalue weighted by molar-refractivity contribution is 0.0258. The number of nitrogens with zero attached hydrogens (tertiary/aromatic N) is 2. The second-order valence-electron chi connectivity index (χ2n) is 7.41. The molecule has 0 saturated carbocycles. The van der Waals surface area contributed by atoms with E-state index in [2.05, 4.69) is 42.5 Å². The Labute approximate surface area is 181 Å². The molecule has 0 radical (unpaired) electrons. The highest BCUT2D eigenvalue weighted by atomic mass is 16.5. The summed E-state index contributed by atoms with van der Waals surface area (Å²) in [4.78, 5) is 9.00. The Balaban J connectivity index is 1.88. The summed E-state index contributed by atoms with van der Waals surface area (Å²) in [5.41, 5.74) is 2.01. The summed E-state index contributed by atoms with van der Waals surface area (Å²) in [6, 6.07) is 13.9. The van der Waals surface area contributed by atoms with E-state index in [9.17, 15) is 0 Å². The maximum Gasteiger partial charge on any atom is 0.191 e. The zero-order valence-electron chi connectivity index (χ0n) is 18.7. The molecule has 1 unspecified atom stereocenters. The van der Waals surface area contributed by atoms with Gasteiger partial charge in [-0.25, -0.2) is 4.99 Å². The van der Waals surface area contributed by atoms with Crippen molar-refractivity contribution in [3.8, 4) is 5.75 Å². The first-order chi connectivity index (χ1) is 14.6. The lowest BCUT2D eigenvalue weighted by Gasteiger charge is -2.21. The number of aliphatic imine (C=N–C) groups is 1. The zero-order valence-corrected chi connectivity index (χ0v) is 18.7. The predicted octanol–water partition coefficient (Wildman–Crippen LogP) is 4.17. The summed E-state index contributed by atoms with van der Waals surface area (Å²) < 4.78 is 11.7. The maximum absolute atomic E-state index is 5.87. The molecule has 0 saturated heterocycles. The zero-order chi connectivity index (χ0) is 21.6. The van der Waals surface area contributed by atoms with E-state index < -0.39 is 0 Å². The highest BCUT2D eigenvalue weighted by molar-refractivity contribution is 5.79. The molecule has 2 rings (SSSR count). The van der Waals surface area contributed by atoms with Crippen molar-refractivity contribution in [3.63, 3.8) is 0 Å². The van der Waals surface area contributed by atoms with Crippen LogP contribution in [0.2, 0.25) is 0 Å². The summed E-state index contributed by atoms with van der Waals surface area (Å²) in [6.07, 6.45) is 2.99. The number of rotatable bonds is 12. The molecule has 0 aliphatic carbocycles. The summed E-state index contributed by atoms with van der Waals surface area (Å²) in [7, 11) is 0. The predicted molar refractivity (Wildman–Crippen MR) is 123 cm³/mol. The van der Waals surface area contributed by atoms with Gasteiger partial charge < -0.3 is 20.1 Å². The standard InChI is InChI=1S/C24H36N4O2/c1-5-25-24(27-15-13-23(19(3)4)29-6-2)28-17-20-10-9-12-22(16-20)30-18-21-11-7-8-14-26-21/h7-12,14,16,19,23H,5-6,13,15,17-18H2,1-4H3,(H2,25,27,28). The molecule has 1 aromatic carbocycles. The monoisotopic (exact) mass is 412 g/mol. The Kier molecular flexibility index (Phi) is 10.7. The Morgan fingerprint density at radius 2 is 1.97 bits per heavy atom. The normalized spacial score (nSPS) is 12.6. The van der Waals surface area contributed by atoms with E-state index in [0.717, 1.165) is 49.1 Å². The average Bonchev–Trinajstić information content (AvgIpc) is 2.76. The Morgan fingerprint density at radius 3 is 2.67 bits per heavy atom. The smallest absolute Gasteiger partial charge is 0.191 e. The Bertz CT molecular complexity index is 750. The third kappa shape index (κ3) is 8.82. The molecule has 1 heterocycles. The number of pyridine rings is 1. The Morgan fingerprint density at radius 1 is 1.10 bits per heavy atom. The molecule has 6 nitrogen and oxygen atoms in total. The minimum absolute atomic E-state index is 0.262. The lowest BCUT2D eigenvalue weighted by atomic mass is 10.0. The van der Waals surface area contributed by atoms with Crippen LogP contribution in [0.3, 0.4) is 0 Å². The van der Waals surface area contributed by atoms with Crippen LogP contribution in [0, 0.1) is 5.92 Å². The number of nitrogens with one attached hydrogen (secondary N) is 2. The molecule has 30 heavy (non-hydrogen) atoms. The molecule has 2 N–H and O–H groups in total. The second-order valence-corrected chi connectivity index (χ2v) is 7.41. The van der Waals surface area contributed by atoms with Crippen molar-refractivity contribution in [2.75, 3.05) is 19.7 Å². The fraction of sp³-hybridized carbons (Fsp3) is 0.500. The first kappa shape index (κ1) is 23.7. The van der Waals surface area contributed by atoms with Crippen LogP contribution >= 0.6 is 0 Å². The maximum atomic E-state index is 5.87. The minimum atomic E-state index is 0.262. The molecule has 0 aliphatic rings. The van der Waals surface area contributed by atoms with Crippen molar-refractivity contribution in [2.24, 2.45) is 10.9 Å². The number of benzene rings is 1. The van der Waals surface area contributed by atoms with E-state index in [1.165, 1.54) is 0 Å². The molecule has 0 bridgehead atoms. The van der Waals surface area contributed by atoms with Crippen molar-refractivity contribution in [3.05, 3.63) is 59.9 Å². The van der Waals surface area contributed by atoms with E-state index in [-0.39, 0.29) is 6.10 Å². The first-order valence-electron chi connectivity index (χ1n) is 10.9. The van der Waals surface area contributed by atoms with Gasteiger partial charge in [0.2, 0.25) is 0 Å². The van der Waals surface area contributed by atoms with E-state index >= 15 is 0 Å². The number of hydrogen-bond donors (Lipinski definition) is 2. The first-order valence-corrected chi connectivity index (χ1v) is 10.9. The van der Waals surface area contributed by atoms with Gasteiger partial charge in [0.1, 0.15) is 12.4 Å². The summed E-state index contributed by atoms with van der Waals surface area (Å²) in [5, 5.41) is 6.72. The van der Waals surface area contributed by atoms with Crippen LogP contribution in [-0.4, -0.2) is 36.7 Å². The fourth-order valence-electron chi connectivity index (χ4n) is 3.04. The summed E-state index contributed by atoms with van der Waals surface area (Å²) >= 11 is 0. The van der Waals surface area contributed by atoms with Crippen LogP contribution in [0.4, 0.5) is 0 Å². The van der Waals surface area contributed by atoms with E-state index in [4.69, 9.17) is 14.5 Å². The molecule has 1 aromatic heterocycles. The van der Waals surface area contributed by atoms with Crippen molar-refractivity contribution in [1.82, 2.24) is 15.6 Å².